The molecule has 0 radical (unpaired) electrons. The summed E-state index contributed by atoms with van der Waals surface area (Å²) in [5.41, 5.74) is 6.18. The number of carbonyl (C=O) groups excluding carboxylic acids is 1. The van der Waals surface area contributed by atoms with E-state index in [1.807, 2.05) is 6.92 Å². The van der Waals surface area contributed by atoms with Crippen molar-refractivity contribution in [2.24, 2.45) is 0 Å². The van der Waals surface area contributed by atoms with Crippen molar-refractivity contribution in [2.75, 3.05) is 12.3 Å². The molecule has 1 amide bonds. The van der Waals surface area contributed by atoms with Gasteiger partial charge in [0.05, 0.1) is 0 Å². The number of ether oxygens (including phenoxy) is 1. The van der Waals surface area contributed by atoms with Crippen molar-refractivity contribution in [3.63, 3.8) is 0 Å². The van der Waals surface area contributed by atoms with Crippen LogP contribution in [0, 0.1) is 0 Å². The molecular formula is C12H16N2O2. The van der Waals surface area contributed by atoms with Gasteiger partial charge in [-0.1, -0.05) is 12.1 Å². The molecule has 0 aliphatic heterocycles. The number of rotatable bonds is 5. The number of nitrogens with two attached hydrogens (primary N) is 1. The van der Waals surface area contributed by atoms with Crippen LogP contribution in [0.25, 0.3) is 0 Å². The second kappa shape index (κ2) is 5.80. The number of nitrogen functional groups attached to an aromatic ring is 1. The Bertz CT molecular complexity index is 377. The third kappa shape index (κ3) is 4.04. The molecule has 4 nitrogen and oxygen atoms in total. The summed E-state index contributed by atoms with van der Waals surface area (Å²) in [5.74, 6) is 0.399. The van der Waals surface area contributed by atoms with Gasteiger partial charge in [0.25, 0.3) is 5.91 Å². The number of hydrogen-bond acceptors (Lipinski definition) is 3. The van der Waals surface area contributed by atoms with Crippen LogP contribution in [0.1, 0.15) is 6.92 Å². The van der Waals surface area contributed by atoms with Gasteiger partial charge >= 0.3 is 0 Å². The monoisotopic (exact) mass is 220 g/mol. The first-order valence-electron chi connectivity index (χ1n) is 5.02. The Morgan fingerprint density at radius 3 is 3.06 bits per heavy atom. The van der Waals surface area contributed by atoms with Gasteiger partial charge in [-0.15, -0.1) is 6.58 Å². The van der Waals surface area contributed by atoms with Crippen LogP contribution in [0.2, 0.25) is 0 Å². The van der Waals surface area contributed by atoms with Gasteiger partial charge in [0.15, 0.2) is 6.61 Å². The summed E-state index contributed by atoms with van der Waals surface area (Å²) in [6.07, 6.45) is 1.65. The van der Waals surface area contributed by atoms with Gasteiger partial charge < -0.3 is 15.8 Å². The van der Waals surface area contributed by atoms with E-state index < -0.39 is 0 Å². The second-order valence-corrected chi connectivity index (χ2v) is 3.45. The van der Waals surface area contributed by atoms with Crippen LogP contribution >= 0.6 is 0 Å². The first kappa shape index (κ1) is 12.1. The number of anilines is 1. The standard InChI is InChI=1S/C12H16N2O2/c1-3-9(2)14-12(15)8-16-11-6-4-5-10(13)7-11/h3-7,9H,1,8,13H2,2H3,(H,14,15). The lowest BCUT2D eigenvalue weighted by atomic mass is 10.3. The minimum atomic E-state index is -0.185. The Morgan fingerprint density at radius 2 is 2.44 bits per heavy atom. The molecule has 0 saturated heterocycles. The average molecular weight is 220 g/mol. The molecule has 0 heterocycles. The predicted octanol–water partition coefficient (Wildman–Crippen LogP) is 1.34. The van der Waals surface area contributed by atoms with Crippen molar-refractivity contribution in [1.82, 2.24) is 5.32 Å². The van der Waals surface area contributed by atoms with Crippen molar-refractivity contribution in [2.45, 2.75) is 13.0 Å². The van der Waals surface area contributed by atoms with E-state index in [4.69, 9.17) is 10.5 Å². The molecule has 0 bridgehead atoms. The maximum atomic E-state index is 11.4. The zero-order chi connectivity index (χ0) is 12.0. The van der Waals surface area contributed by atoms with E-state index in [0.29, 0.717) is 11.4 Å². The van der Waals surface area contributed by atoms with Crippen LogP contribution in [0.15, 0.2) is 36.9 Å². The topological polar surface area (TPSA) is 64.3 Å². The third-order valence-corrected chi connectivity index (χ3v) is 1.97. The Kier molecular flexibility index (Phi) is 4.39. The minimum absolute atomic E-state index is 0.0262. The quantitative estimate of drug-likeness (QED) is 0.581. The van der Waals surface area contributed by atoms with Crippen molar-refractivity contribution in [3.05, 3.63) is 36.9 Å². The van der Waals surface area contributed by atoms with Crippen molar-refractivity contribution in [1.29, 1.82) is 0 Å². The van der Waals surface area contributed by atoms with E-state index in [9.17, 15) is 4.79 Å². The number of benzene rings is 1. The van der Waals surface area contributed by atoms with E-state index in [2.05, 4.69) is 11.9 Å². The molecule has 0 aliphatic carbocycles. The summed E-state index contributed by atoms with van der Waals surface area (Å²) in [5, 5.41) is 2.70. The maximum Gasteiger partial charge on any atom is 0.258 e. The molecule has 3 N–H and O–H groups in total. The van der Waals surface area contributed by atoms with Crippen LogP contribution in [-0.2, 0) is 4.79 Å². The van der Waals surface area contributed by atoms with Crippen LogP contribution in [-0.4, -0.2) is 18.6 Å². The fourth-order valence-electron chi connectivity index (χ4n) is 1.11. The Labute approximate surface area is 95.1 Å². The normalized spacial score (nSPS) is 11.6. The second-order valence-electron chi connectivity index (χ2n) is 3.45. The van der Waals surface area contributed by atoms with Crippen LogP contribution < -0.4 is 15.8 Å². The molecular weight excluding hydrogens is 204 g/mol. The summed E-state index contributed by atoms with van der Waals surface area (Å²) in [7, 11) is 0. The molecule has 0 fully saturated rings. The summed E-state index contributed by atoms with van der Waals surface area (Å²) in [6.45, 7) is 5.38. The van der Waals surface area contributed by atoms with E-state index >= 15 is 0 Å². The number of hydrogen-bond donors (Lipinski definition) is 2. The lowest BCUT2D eigenvalue weighted by Gasteiger charge is -2.10. The number of amides is 1. The summed E-state index contributed by atoms with van der Waals surface area (Å²) >= 11 is 0. The summed E-state index contributed by atoms with van der Waals surface area (Å²) < 4.78 is 5.27. The zero-order valence-electron chi connectivity index (χ0n) is 9.27. The van der Waals surface area contributed by atoms with E-state index in [-0.39, 0.29) is 18.6 Å². The number of nitrogens with one attached hydrogen (secondary N) is 1. The molecule has 4 heteroatoms. The van der Waals surface area contributed by atoms with Crippen molar-refractivity contribution < 1.29 is 9.53 Å². The van der Waals surface area contributed by atoms with Gasteiger partial charge in [-0.25, -0.2) is 0 Å². The average Bonchev–Trinajstić information content (AvgIpc) is 2.26. The Morgan fingerprint density at radius 1 is 1.69 bits per heavy atom. The molecule has 1 atom stereocenters. The molecule has 1 aromatic carbocycles. The first-order valence-corrected chi connectivity index (χ1v) is 5.02. The molecule has 1 unspecified atom stereocenters. The molecule has 0 aromatic heterocycles. The van der Waals surface area contributed by atoms with E-state index in [1.54, 1.807) is 30.3 Å². The highest BCUT2D eigenvalue weighted by atomic mass is 16.5. The van der Waals surface area contributed by atoms with Crippen LogP contribution in [0.3, 0.4) is 0 Å². The predicted molar refractivity (Wildman–Crippen MR) is 64.2 cm³/mol. The van der Waals surface area contributed by atoms with E-state index in [0.717, 1.165) is 0 Å². The third-order valence-electron chi connectivity index (χ3n) is 1.97. The molecule has 1 rings (SSSR count). The minimum Gasteiger partial charge on any atom is -0.484 e. The first-order chi connectivity index (χ1) is 7.61. The Hall–Kier alpha value is -1.97. The number of carbonyl (C=O) groups is 1. The lowest BCUT2D eigenvalue weighted by molar-refractivity contribution is -0.123. The summed E-state index contributed by atoms with van der Waals surface area (Å²) in [4.78, 5) is 11.4. The molecule has 0 spiro atoms. The fraction of sp³-hybridized carbons (Fsp3) is 0.250. The van der Waals surface area contributed by atoms with E-state index in [1.165, 1.54) is 0 Å². The summed E-state index contributed by atoms with van der Waals surface area (Å²) in [6, 6.07) is 6.89. The van der Waals surface area contributed by atoms with Crippen molar-refractivity contribution in [3.8, 4) is 5.75 Å². The van der Waals surface area contributed by atoms with Crippen molar-refractivity contribution >= 4 is 11.6 Å². The Balaban J connectivity index is 2.40. The van der Waals surface area contributed by atoms with Gasteiger partial charge in [0, 0.05) is 17.8 Å². The highest BCUT2D eigenvalue weighted by molar-refractivity contribution is 5.78. The molecule has 16 heavy (non-hydrogen) atoms. The molecule has 0 aliphatic rings. The zero-order valence-corrected chi connectivity index (χ0v) is 9.27. The molecule has 0 saturated carbocycles. The highest BCUT2D eigenvalue weighted by Gasteiger charge is 2.04. The fourth-order valence-corrected chi connectivity index (χ4v) is 1.11. The van der Waals surface area contributed by atoms with Crippen LogP contribution in [0.4, 0.5) is 5.69 Å². The molecule has 86 valence electrons. The smallest absolute Gasteiger partial charge is 0.258 e. The SMILES string of the molecule is C=CC(C)NC(=O)COc1cccc(N)c1. The van der Waals surface area contributed by atoms with Gasteiger partial charge in [-0.05, 0) is 19.1 Å². The van der Waals surface area contributed by atoms with Gasteiger partial charge in [0.2, 0.25) is 0 Å². The highest BCUT2D eigenvalue weighted by Crippen LogP contribution is 2.13. The largest absolute Gasteiger partial charge is 0.484 e. The lowest BCUT2D eigenvalue weighted by Crippen LogP contribution is -2.34. The molecule has 1 aromatic rings. The van der Waals surface area contributed by atoms with Crippen LogP contribution in [0.5, 0.6) is 5.75 Å². The van der Waals surface area contributed by atoms with Gasteiger partial charge in [-0.3, -0.25) is 4.79 Å². The maximum absolute atomic E-state index is 11.4. The van der Waals surface area contributed by atoms with Gasteiger partial charge in [-0.2, -0.15) is 0 Å². The van der Waals surface area contributed by atoms with Gasteiger partial charge in [0.1, 0.15) is 5.75 Å².